The summed E-state index contributed by atoms with van der Waals surface area (Å²) in [6.07, 6.45) is 11.4. The Balaban J connectivity index is 1.29. The highest BCUT2D eigenvalue weighted by Gasteiger charge is 2.22. The molecule has 1 N–H and O–H groups in total. The normalized spacial score (nSPS) is 18.6. The standard InChI is InChI=1S/C22H28N4O/c27-22(25-19-8-4-5-9-19)20-15-24-21(16-23-20)26-12-10-18(11-13-26)14-17-6-2-1-3-7-17/h1-3,6-7,15-16,18-19H,4-5,8-14H2,(H,25,27). The molecular weight excluding hydrogens is 336 g/mol. The van der Waals surface area contributed by atoms with Gasteiger partial charge in [0.05, 0.1) is 12.4 Å². The Bertz CT molecular complexity index is 733. The zero-order valence-corrected chi connectivity index (χ0v) is 15.8. The second kappa shape index (κ2) is 8.51. The van der Waals surface area contributed by atoms with Gasteiger partial charge < -0.3 is 10.2 Å². The second-order valence-electron chi connectivity index (χ2n) is 7.83. The molecule has 1 aromatic carbocycles. The lowest BCUT2D eigenvalue weighted by molar-refractivity contribution is 0.0932. The zero-order valence-electron chi connectivity index (χ0n) is 15.8. The molecule has 0 bridgehead atoms. The summed E-state index contributed by atoms with van der Waals surface area (Å²) in [7, 11) is 0. The molecule has 0 atom stereocenters. The largest absolute Gasteiger partial charge is 0.355 e. The Labute approximate surface area is 161 Å². The third kappa shape index (κ3) is 4.65. The molecule has 0 spiro atoms. The Kier molecular flexibility index (Phi) is 5.66. The molecule has 5 heteroatoms. The number of aromatic nitrogens is 2. The van der Waals surface area contributed by atoms with Crippen LogP contribution in [-0.4, -0.2) is 35.0 Å². The first kappa shape index (κ1) is 18.0. The number of nitrogens with one attached hydrogen (secondary N) is 1. The maximum atomic E-state index is 12.3. The molecule has 1 saturated heterocycles. The Morgan fingerprint density at radius 2 is 1.74 bits per heavy atom. The van der Waals surface area contributed by atoms with E-state index in [1.165, 1.54) is 31.2 Å². The minimum absolute atomic E-state index is 0.0949. The van der Waals surface area contributed by atoms with Crippen molar-refractivity contribution in [1.82, 2.24) is 15.3 Å². The summed E-state index contributed by atoms with van der Waals surface area (Å²) in [6.45, 7) is 2.00. The molecule has 4 rings (SSSR count). The predicted molar refractivity (Wildman–Crippen MR) is 107 cm³/mol. The van der Waals surface area contributed by atoms with Gasteiger partial charge in [0.25, 0.3) is 5.91 Å². The minimum Gasteiger partial charge on any atom is -0.355 e. The number of hydrogen-bond donors (Lipinski definition) is 1. The molecule has 0 radical (unpaired) electrons. The van der Waals surface area contributed by atoms with E-state index >= 15 is 0 Å². The van der Waals surface area contributed by atoms with E-state index in [-0.39, 0.29) is 5.91 Å². The Hall–Kier alpha value is -2.43. The quantitative estimate of drug-likeness (QED) is 0.880. The van der Waals surface area contributed by atoms with Crippen molar-refractivity contribution in [1.29, 1.82) is 0 Å². The number of amides is 1. The van der Waals surface area contributed by atoms with Gasteiger partial charge in [0, 0.05) is 19.1 Å². The Morgan fingerprint density at radius 1 is 1.00 bits per heavy atom. The van der Waals surface area contributed by atoms with Crippen LogP contribution in [0.5, 0.6) is 0 Å². The Morgan fingerprint density at radius 3 is 2.41 bits per heavy atom. The highest BCUT2D eigenvalue weighted by molar-refractivity contribution is 5.92. The van der Waals surface area contributed by atoms with Gasteiger partial charge in [0.2, 0.25) is 0 Å². The average Bonchev–Trinajstić information content (AvgIpc) is 3.22. The van der Waals surface area contributed by atoms with Gasteiger partial charge in [-0.25, -0.2) is 9.97 Å². The molecule has 2 heterocycles. The summed E-state index contributed by atoms with van der Waals surface area (Å²) < 4.78 is 0. The first-order chi connectivity index (χ1) is 13.3. The lowest BCUT2D eigenvalue weighted by Crippen LogP contribution is -2.35. The lowest BCUT2D eigenvalue weighted by Gasteiger charge is -2.32. The SMILES string of the molecule is O=C(NC1CCCC1)c1cnc(N2CCC(Cc3ccccc3)CC2)cn1. The van der Waals surface area contributed by atoms with Gasteiger partial charge in [0.1, 0.15) is 11.5 Å². The van der Waals surface area contributed by atoms with Crippen molar-refractivity contribution in [3.8, 4) is 0 Å². The zero-order chi connectivity index (χ0) is 18.5. The topological polar surface area (TPSA) is 58.1 Å². The fraction of sp³-hybridized carbons (Fsp3) is 0.500. The maximum absolute atomic E-state index is 12.3. The molecule has 1 amide bonds. The van der Waals surface area contributed by atoms with Crippen LogP contribution in [0.15, 0.2) is 42.7 Å². The van der Waals surface area contributed by atoms with Crippen molar-refractivity contribution >= 4 is 11.7 Å². The van der Waals surface area contributed by atoms with Crippen molar-refractivity contribution < 1.29 is 4.79 Å². The number of hydrogen-bond acceptors (Lipinski definition) is 4. The smallest absolute Gasteiger partial charge is 0.271 e. The summed E-state index contributed by atoms with van der Waals surface area (Å²) in [6, 6.07) is 11.0. The van der Waals surface area contributed by atoms with E-state index in [9.17, 15) is 4.79 Å². The molecule has 2 aromatic rings. The number of piperidine rings is 1. The molecule has 2 aliphatic rings. The molecule has 0 unspecified atom stereocenters. The molecule has 1 aliphatic heterocycles. The number of rotatable bonds is 5. The van der Waals surface area contributed by atoms with Crippen molar-refractivity contribution in [3.05, 3.63) is 54.0 Å². The maximum Gasteiger partial charge on any atom is 0.271 e. The summed E-state index contributed by atoms with van der Waals surface area (Å²) in [4.78, 5) is 23.4. The highest BCUT2D eigenvalue weighted by atomic mass is 16.1. The van der Waals surface area contributed by atoms with Gasteiger partial charge in [0.15, 0.2) is 0 Å². The molecule has 1 saturated carbocycles. The fourth-order valence-electron chi connectivity index (χ4n) is 4.24. The number of carbonyl (C=O) groups is 1. The van der Waals surface area contributed by atoms with Gasteiger partial charge in [-0.1, -0.05) is 43.2 Å². The molecule has 27 heavy (non-hydrogen) atoms. The first-order valence-electron chi connectivity index (χ1n) is 10.2. The van der Waals surface area contributed by atoms with Crippen LogP contribution >= 0.6 is 0 Å². The van der Waals surface area contributed by atoms with E-state index in [1.54, 1.807) is 12.4 Å². The van der Waals surface area contributed by atoms with Crippen LogP contribution in [-0.2, 0) is 6.42 Å². The number of nitrogens with zero attached hydrogens (tertiary/aromatic N) is 3. The summed E-state index contributed by atoms with van der Waals surface area (Å²) >= 11 is 0. The number of anilines is 1. The van der Waals surface area contributed by atoms with Crippen molar-refractivity contribution in [2.75, 3.05) is 18.0 Å². The van der Waals surface area contributed by atoms with Gasteiger partial charge in [-0.2, -0.15) is 0 Å². The van der Waals surface area contributed by atoms with Gasteiger partial charge in [-0.3, -0.25) is 4.79 Å². The molecule has 1 aliphatic carbocycles. The molecule has 1 aromatic heterocycles. The fourth-order valence-corrected chi connectivity index (χ4v) is 4.24. The molecule has 142 valence electrons. The van der Waals surface area contributed by atoms with Gasteiger partial charge in [-0.05, 0) is 43.6 Å². The van der Waals surface area contributed by atoms with Gasteiger partial charge >= 0.3 is 0 Å². The minimum atomic E-state index is -0.0949. The third-order valence-electron chi connectivity index (χ3n) is 5.87. The molecule has 2 fully saturated rings. The van der Waals surface area contributed by atoms with E-state index in [2.05, 4.69) is 50.5 Å². The van der Waals surface area contributed by atoms with E-state index in [0.717, 1.165) is 44.1 Å². The van der Waals surface area contributed by atoms with E-state index < -0.39 is 0 Å². The number of carbonyl (C=O) groups excluding carboxylic acids is 1. The lowest BCUT2D eigenvalue weighted by atomic mass is 9.90. The van der Waals surface area contributed by atoms with Crippen LogP contribution < -0.4 is 10.2 Å². The van der Waals surface area contributed by atoms with Crippen LogP contribution in [0.25, 0.3) is 0 Å². The third-order valence-corrected chi connectivity index (χ3v) is 5.87. The number of benzene rings is 1. The van der Waals surface area contributed by atoms with Crippen LogP contribution in [0.2, 0.25) is 0 Å². The van der Waals surface area contributed by atoms with Crippen LogP contribution in [0.4, 0.5) is 5.82 Å². The summed E-state index contributed by atoms with van der Waals surface area (Å²) in [5, 5.41) is 3.07. The molecular formula is C22H28N4O. The highest BCUT2D eigenvalue weighted by Crippen LogP contribution is 2.24. The summed E-state index contributed by atoms with van der Waals surface area (Å²) in [5.74, 6) is 1.51. The predicted octanol–water partition coefficient (Wildman–Crippen LogP) is 3.61. The van der Waals surface area contributed by atoms with Crippen LogP contribution in [0.1, 0.15) is 54.6 Å². The summed E-state index contributed by atoms with van der Waals surface area (Å²) in [5.41, 5.74) is 1.85. The first-order valence-corrected chi connectivity index (χ1v) is 10.2. The van der Waals surface area contributed by atoms with E-state index in [1.807, 2.05) is 0 Å². The monoisotopic (exact) mass is 364 g/mol. The second-order valence-corrected chi connectivity index (χ2v) is 7.83. The molecule has 5 nitrogen and oxygen atoms in total. The average molecular weight is 364 g/mol. The van der Waals surface area contributed by atoms with Crippen molar-refractivity contribution in [2.45, 2.75) is 51.0 Å². The van der Waals surface area contributed by atoms with E-state index in [4.69, 9.17) is 0 Å². The van der Waals surface area contributed by atoms with Crippen LogP contribution in [0, 0.1) is 5.92 Å². The van der Waals surface area contributed by atoms with Crippen LogP contribution in [0.3, 0.4) is 0 Å². The van der Waals surface area contributed by atoms with Crippen molar-refractivity contribution in [2.24, 2.45) is 5.92 Å². The van der Waals surface area contributed by atoms with Crippen molar-refractivity contribution in [3.63, 3.8) is 0 Å². The van der Waals surface area contributed by atoms with Gasteiger partial charge in [-0.15, -0.1) is 0 Å². The van der Waals surface area contributed by atoms with E-state index in [0.29, 0.717) is 11.7 Å².